The van der Waals surface area contributed by atoms with E-state index in [-0.39, 0.29) is 16.7 Å². The number of thioether (sulfide) groups is 1. The van der Waals surface area contributed by atoms with Gasteiger partial charge in [0, 0.05) is 5.25 Å². The maximum absolute atomic E-state index is 14.8. The van der Waals surface area contributed by atoms with Gasteiger partial charge in [-0.25, -0.2) is 24.2 Å². The number of nitrogens with two attached hydrogens (primary N) is 2. The molecular weight excluding hydrogens is 427 g/mol. The van der Waals surface area contributed by atoms with E-state index in [2.05, 4.69) is 26.2 Å². The molecule has 2 aromatic rings. The topological polar surface area (TPSA) is 168 Å². The molecule has 5 atom stereocenters. The highest BCUT2D eigenvalue weighted by Gasteiger charge is 2.47. The molecule has 14 heteroatoms. The molecule has 1 aliphatic heterocycles. The summed E-state index contributed by atoms with van der Waals surface area (Å²) in [4.78, 5) is 8.16. The first-order chi connectivity index (χ1) is 13.7. The molecule has 2 fully saturated rings. The van der Waals surface area contributed by atoms with E-state index in [0.29, 0.717) is 16.3 Å². The lowest BCUT2D eigenvalue weighted by atomic mass is 10.1. The Balaban J connectivity index is 1.65. The van der Waals surface area contributed by atoms with Gasteiger partial charge in [0.15, 0.2) is 18.0 Å². The van der Waals surface area contributed by atoms with Crippen molar-refractivity contribution in [1.29, 1.82) is 0 Å². The lowest BCUT2D eigenvalue weighted by Crippen LogP contribution is -2.33. The summed E-state index contributed by atoms with van der Waals surface area (Å²) >= 11 is 1.50. The highest BCUT2D eigenvalue weighted by Crippen LogP contribution is 2.44. The van der Waals surface area contributed by atoms with Crippen LogP contribution >= 0.6 is 11.8 Å². The number of aliphatic hydroxyl groups is 1. The fourth-order valence-electron chi connectivity index (χ4n) is 3.26. The molecule has 0 amide bonds. The minimum Gasteiger partial charge on any atom is -0.387 e. The van der Waals surface area contributed by atoms with Crippen molar-refractivity contribution < 1.29 is 26.8 Å². The van der Waals surface area contributed by atoms with Crippen molar-refractivity contribution in [3.05, 3.63) is 6.33 Å². The second-order valence-electron chi connectivity index (χ2n) is 7.15. The molecule has 4 rings (SSSR count). The Bertz CT molecular complexity index is 1020. The number of alkyl halides is 1. The van der Waals surface area contributed by atoms with Gasteiger partial charge < -0.3 is 15.6 Å². The molecule has 29 heavy (non-hydrogen) atoms. The van der Waals surface area contributed by atoms with Crippen LogP contribution in [0.3, 0.4) is 0 Å². The molecular formula is C15H21FN6O5S2. The molecule has 0 aromatic carbocycles. The van der Waals surface area contributed by atoms with Gasteiger partial charge >= 0.3 is 10.3 Å². The fourth-order valence-corrected chi connectivity index (χ4v) is 4.85. The maximum atomic E-state index is 14.8. The number of halogens is 1. The van der Waals surface area contributed by atoms with Crippen molar-refractivity contribution in [2.75, 3.05) is 12.3 Å². The van der Waals surface area contributed by atoms with E-state index in [1.807, 2.05) is 0 Å². The second-order valence-corrected chi connectivity index (χ2v) is 9.73. The minimum atomic E-state index is -4.26. The molecule has 160 valence electrons. The Hall–Kier alpha value is -1.58. The average molecular weight is 449 g/mol. The van der Waals surface area contributed by atoms with Crippen molar-refractivity contribution in [2.24, 2.45) is 11.1 Å². The monoisotopic (exact) mass is 448 g/mol. The van der Waals surface area contributed by atoms with E-state index in [1.165, 1.54) is 22.8 Å². The summed E-state index contributed by atoms with van der Waals surface area (Å²) in [5.74, 6) is 0.791. The Kier molecular flexibility index (Phi) is 5.41. The third kappa shape index (κ3) is 4.18. The van der Waals surface area contributed by atoms with Crippen molar-refractivity contribution in [2.45, 2.75) is 54.6 Å². The van der Waals surface area contributed by atoms with Gasteiger partial charge in [0.25, 0.3) is 0 Å². The van der Waals surface area contributed by atoms with Crippen LogP contribution in [0.4, 0.5) is 10.2 Å². The Morgan fingerprint density at radius 1 is 1.48 bits per heavy atom. The zero-order valence-electron chi connectivity index (χ0n) is 15.4. The zero-order chi connectivity index (χ0) is 20.9. The van der Waals surface area contributed by atoms with Gasteiger partial charge in [-0.15, -0.1) is 11.8 Å². The molecule has 3 heterocycles. The van der Waals surface area contributed by atoms with E-state index in [1.54, 1.807) is 0 Å². The minimum absolute atomic E-state index is 0.204. The molecule has 11 nitrogen and oxygen atoms in total. The number of rotatable bonds is 7. The Morgan fingerprint density at radius 2 is 2.21 bits per heavy atom. The van der Waals surface area contributed by atoms with Crippen molar-refractivity contribution in [3.8, 4) is 0 Å². The smallest absolute Gasteiger partial charge is 0.333 e. The number of hydrogen-bond acceptors (Lipinski definition) is 10. The van der Waals surface area contributed by atoms with E-state index >= 15 is 0 Å². The van der Waals surface area contributed by atoms with Crippen LogP contribution in [0.2, 0.25) is 0 Å². The summed E-state index contributed by atoms with van der Waals surface area (Å²) in [5.41, 5.74) is 6.28. The molecule has 2 aliphatic rings. The molecule has 1 aliphatic carbocycles. The van der Waals surface area contributed by atoms with Crippen LogP contribution in [-0.2, 0) is 19.2 Å². The molecule has 0 radical (unpaired) electrons. The van der Waals surface area contributed by atoms with E-state index in [0.717, 1.165) is 12.8 Å². The SMILES string of the molecule is CC(Sc1nn([C@@H]2O[C@H](COS(N)(=O)=O)[C@@H](O)[C@@H]2F)c2ncnc(N)c12)C1CC1. The lowest BCUT2D eigenvalue weighted by molar-refractivity contribution is -0.0456. The molecule has 1 saturated heterocycles. The van der Waals surface area contributed by atoms with Crippen LogP contribution in [-0.4, -0.2) is 63.5 Å². The molecule has 5 N–H and O–H groups in total. The van der Waals surface area contributed by atoms with Crippen LogP contribution in [0, 0.1) is 5.92 Å². The van der Waals surface area contributed by atoms with Gasteiger partial charge in [-0.05, 0) is 18.8 Å². The number of hydrogen-bond donors (Lipinski definition) is 3. The maximum Gasteiger partial charge on any atom is 0.333 e. The summed E-state index contributed by atoms with van der Waals surface area (Å²) in [6.07, 6.45) is -2.61. The predicted octanol–water partition coefficient (Wildman–Crippen LogP) is 0.116. The quantitative estimate of drug-likeness (QED) is 0.494. The van der Waals surface area contributed by atoms with Gasteiger partial charge in [0.05, 0.1) is 12.0 Å². The fraction of sp³-hybridized carbons (Fsp3) is 0.667. The summed E-state index contributed by atoms with van der Waals surface area (Å²) in [5, 5.41) is 20.7. The summed E-state index contributed by atoms with van der Waals surface area (Å²) in [6, 6.07) is 0. The van der Waals surface area contributed by atoms with Crippen LogP contribution in [0.5, 0.6) is 0 Å². The third-order valence-electron chi connectivity index (χ3n) is 5.00. The summed E-state index contributed by atoms with van der Waals surface area (Å²) < 4.78 is 47.9. The van der Waals surface area contributed by atoms with Gasteiger partial charge in [-0.1, -0.05) is 6.92 Å². The predicted molar refractivity (Wildman–Crippen MR) is 102 cm³/mol. The van der Waals surface area contributed by atoms with Crippen molar-refractivity contribution in [3.63, 3.8) is 0 Å². The van der Waals surface area contributed by atoms with Gasteiger partial charge in [0.2, 0.25) is 0 Å². The van der Waals surface area contributed by atoms with E-state index in [4.69, 9.17) is 15.6 Å². The first-order valence-electron chi connectivity index (χ1n) is 8.96. The molecule has 2 aromatic heterocycles. The van der Waals surface area contributed by atoms with Gasteiger partial charge in [-0.2, -0.15) is 13.5 Å². The average Bonchev–Trinajstić information content (AvgIpc) is 3.38. The van der Waals surface area contributed by atoms with Crippen molar-refractivity contribution in [1.82, 2.24) is 19.7 Å². The highest BCUT2D eigenvalue weighted by molar-refractivity contribution is 8.00. The second kappa shape index (κ2) is 7.59. The molecule has 1 saturated carbocycles. The highest BCUT2D eigenvalue weighted by atomic mass is 32.2. The number of ether oxygens (including phenoxy) is 1. The lowest BCUT2D eigenvalue weighted by Gasteiger charge is -2.14. The summed E-state index contributed by atoms with van der Waals surface area (Å²) in [7, 11) is -4.26. The van der Waals surface area contributed by atoms with E-state index in [9.17, 15) is 17.9 Å². The number of nitrogen functional groups attached to an aromatic ring is 1. The molecule has 1 unspecified atom stereocenters. The van der Waals surface area contributed by atoms with Crippen LogP contribution in [0.1, 0.15) is 26.0 Å². The first kappa shape index (κ1) is 20.7. The normalized spacial score (nSPS) is 28.8. The van der Waals surface area contributed by atoms with Crippen LogP contribution in [0.25, 0.3) is 11.0 Å². The number of anilines is 1. The zero-order valence-corrected chi connectivity index (χ0v) is 17.0. The summed E-state index contributed by atoms with van der Waals surface area (Å²) in [6.45, 7) is 1.45. The van der Waals surface area contributed by atoms with Gasteiger partial charge in [0.1, 0.15) is 29.4 Å². The first-order valence-corrected chi connectivity index (χ1v) is 11.3. The number of aliphatic hydroxyl groups excluding tert-OH is 1. The van der Waals surface area contributed by atoms with Crippen molar-refractivity contribution >= 4 is 38.9 Å². The van der Waals surface area contributed by atoms with Crippen LogP contribution < -0.4 is 10.9 Å². The van der Waals surface area contributed by atoms with Crippen LogP contribution in [0.15, 0.2) is 11.4 Å². The number of nitrogens with zero attached hydrogens (tertiary/aromatic N) is 4. The van der Waals surface area contributed by atoms with Gasteiger partial charge in [-0.3, -0.25) is 4.18 Å². The number of aromatic nitrogens is 4. The number of fused-ring (bicyclic) bond motifs is 1. The molecule has 0 bridgehead atoms. The Morgan fingerprint density at radius 3 is 2.86 bits per heavy atom. The standard InChI is InChI=1S/C15H21FN6O5S2/c1-6(7-2-3-7)28-14-9-12(17)19-5-20-13(9)22(21-14)15-10(16)11(23)8(27-15)4-26-29(18,24)25/h5-8,10-11,15,23H,2-4H2,1H3,(H2,17,19,20)(H2,18,24,25)/t6?,8-,10+,11-,15-/m1/s1. The largest absolute Gasteiger partial charge is 0.387 e. The Labute approximate surface area is 170 Å². The molecule has 0 spiro atoms. The van der Waals surface area contributed by atoms with E-state index < -0.39 is 41.5 Å². The third-order valence-corrected chi connectivity index (χ3v) is 6.73.